The Morgan fingerprint density at radius 2 is 2.13 bits per heavy atom. The molecule has 0 bridgehead atoms. The standard InChI is InChI=1S/C10H18N2O2S/c1-5-14-6-7(13)8-9(10(2,3)4)11-12-15-8/h7,13H,5-6H2,1-4H3. The minimum absolute atomic E-state index is 0.0878. The highest BCUT2D eigenvalue weighted by molar-refractivity contribution is 7.05. The van der Waals surface area contributed by atoms with Crippen LogP contribution in [0.5, 0.6) is 0 Å². The Balaban J connectivity index is 2.81. The molecule has 1 aromatic heterocycles. The summed E-state index contributed by atoms with van der Waals surface area (Å²) >= 11 is 1.24. The summed E-state index contributed by atoms with van der Waals surface area (Å²) in [5.41, 5.74) is 0.773. The number of aromatic nitrogens is 2. The van der Waals surface area contributed by atoms with Gasteiger partial charge in [0, 0.05) is 12.0 Å². The molecule has 0 aliphatic rings. The van der Waals surface area contributed by atoms with E-state index in [2.05, 4.69) is 30.4 Å². The molecule has 0 amide bonds. The van der Waals surface area contributed by atoms with Gasteiger partial charge in [0.1, 0.15) is 6.10 Å². The van der Waals surface area contributed by atoms with E-state index in [1.807, 2.05) is 6.92 Å². The van der Waals surface area contributed by atoms with Crippen molar-refractivity contribution in [2.24, 2.45) is 0 Å². The lowest BCUT2D eigenvalue weighted by Crippen LogP contribution is -2.17. The van der Waals surface area contributed by atoms with Gasteiger partial charge >= 0.3 is 0 Å². The number of nitrogens with zero attached hydrogens (tertiary/aromatic N) is 2. The van der Waals surface area contributed by atoms with Crippen molar-refractivity contribution >= 4 is 11.5 Å². The van der Waals surface area contributed by atoms with E-state index in [9.17, 15) is 5.11 Å². The molecule has 0 saturated heterocycles. The van der Waals surface area contributed by atoms with E-state index in [0.29, 0.717) is 13.2 Å². The van der Waals surface area contributed by atoms with Crippen LogP contribution in [0.1, 0.15) is 44.4 Å². The predicted octanol–water partition coefficient (Wildman–Crippen LogP) is 1.91. The summed E-state index contributed by atoms with van der Waals surface area (Å²) in [5.74, 6) is 0. The second-order valence-corrected chi connectivity index (χ2v) is 5.20. The van der Waals surface area contributed by atoms with Gasteiger partial charge in [-0.2, -0.15) is 0 Å². The third kappa shape index (κ3) is 3.22. The lowest BCUT2D eigenvalue weighted by molar-refractivity contribution is 0.0429. The summed E-state index contributed by atoms with van der Waals surface area (Å²) < 4.78 is 9.08. The number of hydrogen-bond acceptors (Lipinski definition) is 5. The van der Waals surface area contributed by atoms with Crippen LogP contribution in [0.3, 0.4) is 0 Å². The van der Waals surface area contributed by atoms with Gasteiger partial charge < -0.3 is 9.84 Å². The second-order valence-electron chi connectivity index (χ2n) is 4.41. The lowest BCUT2D eigenvalue weighted by Gasteiger charge is -2.18. The fourth-order valence-electron chi connectivity index (χ4n) is 1.24. The Hall–Kier alpha value is -0.520. The van der Waals surface area contributed by atoms with Crippen molar-refractivity contribution in [3.05, 3.63) is 10.6 Å². The highest BCUT2D eigenvalue weighted by atomic mass is 32.1. The maximum absolute atomic E-state index is 9.89. The van der Waals surface area contributed by atoms with Gasteiger partial charge in [-0.3, -0.25) is 0 Å². The lowest BCUT2D eigenvalue weighted by atomic mass is 9.90. The molecule has 5 heteroatoms. The first kappa shape index (κ1) is 12.5. The van der Waals surface area contributed by atoms with Crippen molar-refractivity contribution in [1.29, 1.82) is 0 Å². The molecular weight excluding hydrogens is 212 g/mol. The molecule has 0 radical (unpaired) electrons. The van der Waals surface area contributed by atoms with Gasteiger partial charge in [-0.15, -0.1) is 5.10 Å². The van der Waals surface area contributed by atoms with E-state index in [1.165, 1.54) is 11.5 Å². The van der Waals surface area contributed by atoms with Gasteiger partial charge in [-0.1, -0.05) is 25.3 Å². The maximum Gasteiger partial charge on any atom is 0.115 e. The number of ether oxygens (including phenoxy) is 1. The topological polar surface area (TPSA) is 55.2 Å². The van der Waals surface area contributed by atoms with Gasteiger partial charge in [0.05, 0.1) is 17.2 Å². The minimum atomic E-state index is -0.612. The summed E-state index contributed by atoms with van der Waals surface area (Å²) in [6, 6.07) is 0. The Labute approximate surface area is 94.4 Å². The van der Waals surface area contributed by atoms with Crippen molar-refractivity contribution < 1.29 is 9.84 Å². The maximum atomic E-state index is 9.89. The van der Waals surface area contributed by atoms with Crippen LogP contribution in [0.15, 0.2) is 0 Å². The van der Waals surface area contributed by atoms with E-state index in [1.54, 1.807) is 0 Å². The molecule has 0 aliphatic heterocycles. The molecule has 1 heterocycles. The number of aliphatic hydroxyl groups excluding tert-OH is 1. The first-order valence-electron chi connectivity index (χ1n) is 5.05. The van der Waals surface area contributed by atoms with Crippen LogP contribution >= 0.6 is 11.5 Å². The SMILES string of the molecule is CCOCC(O)c1snnc1C(C)(C)C. The number of hydrogen-bond donors (Lipinski definition) is 1. The summed E-state index contributed by atoms with van der Waals surface area (Å²) in [6.07, 6.45) is -0.612. The molecule has 15 heavy (non-hydrogen) atoms. The highest BCUT2D eigenvalue weighted by Crippen LogP contribution is 2.30. The summed E-state index contributed by atoms with van der Waals surface area (Å²) in [4.78, 5) is 0.816. The molecule has 1 aromatic rings. The van der Waals surface area contributed by atoms with Gasteiger partial charge in [0.15, 0.2) is 0 Å². The van der Waals surface area contributed by atoms with Gasteiger partial charge in [0.25, 0.3) is 0 Å². The Morgan fingerprint density at radius 1 is 1.47 bits per heavy atom. The van der Waals surface area contributed by atoms with E-state index in [-0.39, 0.29) is 5.41 Å². The zero-order valence-corrected chi connectivity index (χ0v) is 10.5. The average Bonchev–Trinajstić information content (AvgIpc) is 2.61. The fraction of sp³-hybridized carbons (Fsp3) is 0.800. The minimum Gasteiger partial charge on any atom is -0.385 e. The van der Waals surface area contributed by atoms with E-state index in [4.69, 9.17) is 4.74 Å². The molecule has 0 spiro atoms. The van der Waals surface area contributed by atoms with Gasteiger partial charge in [-0.25, -0.2) is 0 Å². The molecule has 4 nitrogen and oxygen atoms in total. The van der Waals surface area contributed by atoms with Crippen molar-refractivity contribution in [1.82, 2.24) is 9.59 Å². The Kier molecular flexibility index (Phi) is 4.19. The zero-order chi connectivity index (χ0) is 11.5. The van der Waals surface area contributed by atoms with Crippen LogP contribution in [0.2, 0.25) is 0 Å². The molecule has 0 saturated carbocycles. The molecule has 0 aliphatic carbocycles. The smallest absolute Gasteiger partial charge is 0.115 e. The molecule has 86 valence electrons. The third-order valence-electron chi connectivity index (χ3n) is 2.01. The molecule has 1 atom stereocenters. The normalized spacial score (nSPS) is 14.2. The van der Waals surface area contributed by atoms with Crippen molar-refractivity contribution in [3.63, 3.8) is 0 Å². The molecule has 1 unspecified atom stereocenters. The van der Waals surface area contributed by atoms with E-state index in [0.717, 1.165) is 10.6 Å². The number of rotatable bonds is 4. The highest BCUT2D eigenvalue weighted by Gasteiger charge is 2.26. The zero-order valence-electron chi connectivity index (χ0n) is 9.65. The van der Waals surface area contributed by atoms with Gasteiger partial charge in [0.2, 0.25) is 0 Å². The van der Waals surface area contributed by atoms with Crippen LogP contribution in [0.25, 0.3) is 0 Å². The van der Waals surface area contributed by atoms with Crippen LogP contribution in [0.4, 0.5) is 0 Å². The Bertz CT molecular complexity index is 307. The molecule has 0 aromatic carbocycles. The van der Waals surface area contributed by atoms with E-state index < -0.39 is 6.10 Å². The fourth-order valence-corrected chi connectivity index (χ4v) is 2.07. The molecule has 1 rings (SSSR count). The Morgan fingerprint density at radius 3 is 2.67 bits per heavy atom. The molecular formula is C10H18N2O2S. The van der Waals surface area contributed by atoms with Gasteiger partial charge in [-0.05, 0) is 18.5 Å². The first-order chi connectivity index (χ1) is 6.96. The number of aliphatic hydroxyl groups is 1. The van der Waals surface area contributed by atoms with Crippen molar-refractivity contribution in [2.45, 2.75) is 39.2 Å². The largest absolute Gasteiger partial charge is 0.385 e. The van der Waals surface area contributed by atoms with Crippen LogP contribution < -0.4 is 0 Å². The third-order valence-corrected chi connectivity index (χ3v) is 2.83. The van der Waals surface area contributed by atoms with Crippen molar-refractivity contribution in [2.75, 3.05) is 13.2 Å². The quantitative estimate of drug-likeness (QED) is 0.858. The summed E-state index contributed by atoms with van der Waals surface area (Å²) in [5, 5.41) is 14.0. The van der Waals surface area contributed by atoms with Crippen molar-refractivity contribution in [3.8, 4) is 0 Å². The average molecular weight is 230 g/mol. The summed E-state index contributed by atoms with van der Waals surface area (Å²) in [6.45, 7) is 8.99. The van der Waals surface area contributed by atoms with E-state index >= 15 is 0 Å². The van der Waals surface area contributed by atoms with Crippen LogP contribution in [0, 0.1) is 0 Å². The second kappa shape index (κ2) is 5.01. The summed E-state index contributed by atoms with van der Waals surface area (Å²) in [7, 11) is 0. The predicted molar refractivity (Wildman–Crippen MR) is 60.1 cm³/mol. The first-order valence-corrected chi connectivity index (χ1v) is 5.82. The van der Waals surface area contributed by atoms with Crippen LogP contribution in [-0.2, 0) is 10.2 Å². The molecule has 0 fully saturated rings. The van der Waals surface area contributed by atoms with Crippen LogP contribution in [-0.4, -0.2) is 27.9 Å². The molecule has 1 N–H and O–H groups in total. The monoisotopic (exact) mass is 230 g/mol.